The summed E-state index contributed by atoms with van der Waals surface area (Å²) in [6.45, 7) is 11.3. The zero-order chi connectivity index (χ0) is 24.2. The van der Waals surface area contributed by atoms with Crippen LogP contribution >= 0.6 is 23.1 Å². The fraction of sp³-hybridized carbons (Fsp3) is 0.308. The first-order chi connectivity index (χ1) is 16.4. The summed E-state index contributed by atoms with van der Waals surface area (Å²) < 4.78 is 2.05. The Morgan fingerprint density at radius 3 is 2.47 bits per heavy atom. The summed E-state index contributed by atoms with van der Waals surface area (Å²) in [6.07, 6.45) is 0. The van der Waals surface area contributed by atoms with E-state index in [-0.39, 0.29) is 11.7 Å². The highest BCUT2D eigenvalue weighted by Gasteiger charge is 2.16. The molecule has 2 heterocycles. The van der Waals surface area contributed by atoms with Crippen molar-refractivity contribution in [1.82, 2.24) is 19.7 Å². The molecule has 1 amide bonds. The molecule has 2 aromatic carbocycles. The summed E-state index contributed by atoms with van der Waals surface area (Å²) in [5.74, 6) is 1.43. The van der Waals surface area contributed by atoms with Crippen LogP contribution in [0.1, 0.15) is 43.4 Å². The molecule has 0 unspecified atom stereocenters. The zero-order valence-corrected chi connectivity index (χ0v) is 21.8. The van der Waals surface area contributed by atoms with Crippen molar-refractivity contribution in [3.63, 3.8) is 0 Å². The second-order valence-electron chi connectivity index (χ2n) is 8.50. The first-order valence-corrected chi connectivity index (χ1v) is 13.2. The smallest absolute Gasteiger partial charge is 0.236 e. The van der Waals surface area contributed by atoms with Gasteiger partial charge in [0.25, 0.3) is 0 Å². The molecule has 4 aromatic rings. The average molecular weight is 492 g/mol. The first-order valence-electron chi connectivity index (χ1n) is 11.3. The van der Waals surface area contributed by atoms with Crippen LogP contribution in [0.5, 0.6) is 0 Å². The third-order valence-electron chi connectivity index (χ3n) is 5.75. The number of thiazole rings is 1. The minimum atomic E-state index is -0.112. The quantitative estimate of drug-likeness (QED) is 0.283. The van der Waals surface area contributed by atoms with Gasteiger partial charge in [-0.2, -0.15) is 0 Å². The van der Waals surface area contributed by atoms with E-state index in [1.807, 2.05) is 9.95 Å². The lowest BCUT2D eigenvalue weighted by Crippen LogP contribution is -2.14. The Balaban J connectivity index is 1.40. The molecule has 0 saturated carbocycles. The average Bonchev–Trinajstić information content (AvgIpc) is 3.46. The Bertz CT molecular complexity index is 1290. The molecule has 0 saturated heterocycles. The van der Waals surface area contributed by atoms with Gasteiger partial charge in [0.1, 0.15) is 0 Å². The number of hydrogen-bond acceptors (Lipinski definition) is 6. The van der Waals surface area contributed by atoms with Crippen LogP contribution < -0.4 is 5.32 Å². The van der Waals surface area contributed by atoms with Crippen LogP contribution in [0.4, 0.5) is 5.13 Å². The summed E-state index contributed by atoms with van der Waals surface area (Å²) in [5, 5.41) is 14.9. The number of nitrogens with zero attached hydrogens (tertiary/aromatic N) is 4. The highest BCUT2D eigenvalue weighted by atomic mass is 32.2. The molecule has 0 bridgehead atoms. The van der Waals surface area contributed by atoms with E-state index in [4.69, 9.17) is 0 Å². The number of nitrogens with one attached hydrogen (secondary N) is 1. The van der Waals surface area contributed by atoms with E-state index < -0.39 is 0 Å². The third-order valence-corrected chi connectivity index (χ3v) is 7.48. The van der Waals surface area contributed by atoms with Crippen LogP contribution in [-0.4, -0.2) is 31.4 Å². The maximum atomic E-state index is 12.6. The Hall–Kier alpha value is -2.97. The second-order valence-corrected chi connectivity index (χ2v) is 10.3. The highest BCUT2D eigenvalue weighted by molar-refractivity contribution is 7.99. The summed E-state index contributed by atoms with van der Waals surface area (Å²) in [7, 11) is 0. The van der Waals surface area contributed by atoms with Gasteiger partial charge in [0, 0.05) is 23.1 Å². The van der Waals surface area contributed by atoms with Crippen LogP contribution in [0, 0.1) is 13.8 Å². The van der Waals surface area contributed by atoms with E-state index in [0.29, 0.717) is 11.0 Å². The van der Waals surface area contributed by atoms with Crippen molar-refractivity contribution in [2.24, 2.45) is 0 Å². The van der Waals surface area contributed by atoms with Gasteiger partial charge in [-0.05, 0) is 49.4 Å². The normalized spacial score (nSPS) is 11.2. The summed E-state index contributed by atoms with van der Waals surface area (Å²) in [5.41, 5.74) is 6.72. The Morgan fingerprint density at radius 2 is 1.79 bits per heavy atom. The van der Waals surface area contributed by atoms with Gasteiger partial charge in [-0.3, -0.25) is 4.79 Å². The number of anilines is 1. The van der Waals surface area contributed by atoms with Gasteiger partial charge in [0.2, 0.25) is 5.91 Å². The van der Waals surface area contributed by atoms with E-state index in [0.717, 1.165) is 34.3 Å². The molecule has 0 fully saturated rings. The molecule has 0 aliphatic carbocycles. The van der Waals surface area contributed by atoms with Crippen LogP contribution in [0.15, 0.2) is 53.0 Å². The highest BCUT2D eigenvalue weighted by Crippen LogP contribution is 2.28. The van der Waals surface area contributed by atoms with Crippen molar-refractivity contribution in [2.75, 3.05) is 11.1 Å². The molecule has 176 valence electrons. The molecule has 0 aliphatic rings. The fourth-order valence-corrected chi connectivity index (χ4v) is 5.10. The predicted octanol–water partition coefficient (Wildman–Crippen LogP) is 6.56. The molecule has 8 heteroatoms. The molecule has 0 spiro atoms. The number of aryl methyl sites for hydroxylation is 2. The van der Waals surface area contributed by atoms with Crippen molar-refractivity contribution >= 4 is 34.1 Å². The molecule has 0 radical (unpaired) electrons. The van der Waals surface area contributed by atoms with Gasteiger partial charge < -0.3 is 9.88 Å². The van der Waals surface area contributed by atoms with Crippen molar-refractivity contribution in [3.8, 4) is 22.6 Å². The molecule has 34 heavy (non-hydrogen) atoms. The van der Waals surface area contributed by atoms with Crippen molar-refractivity contribution in [2.45, 2.75) is 52.2 Å². The van der Waals surface area contributed by atoms with Gasteiger partial charge in [-0.25, -0.2) is 4.98 Å². The van der Waals surface area contributed by atoms with E-state index >= 15 is 0 Å². The van der Waals surface area contributed by atoms with E-state index in [1.165, 1.54) is 39.8 Å². The molecule has 6 nitrogen and oxygen atoms in total. The fourth-order valence-electron chi connectivity index (χ4n) is 3.56. The Morgan fingerprint density at radius 1 is 1.06 bits per heavy atom. The Labute approximate surface area is 208 Å². The maximum absolute atomic E-state index is 12.6. The number of rotatable bonds is 8. The van der Waals surface area contributed by atoms with Gasteiger partial charge in [-0.15, -0.1) is 21.5 Å². The summed E-state index contributed by atoms with van der Waals surface area (Å²) >= 11 is 2.81. The number of benzene rings is 2. The monoisotopic (exact) mass is 491 g/mol. The standard InChI is InChI=1S/C26H29N5OS2/c1-6-31-24(20-11-9-19(10-12-20)16(2)3)29-30-26(31)34-15-23(32)28-25-27-22(14-33-25)21-8-7-17(4)18(5)13-21/h7-14,16H,6,15H2,1-5H3,(H,27,28,32). The van der Waals surface area contributed by atoms with Crippen LogP contribution in [0.3, 0.4) is 0 Å². The number of carbonyl (C=O) groups excluding carboxylic acids is 1. The minimum Gasteiger partial charge on any atom is -0.302 e. The lowest BCUT2D eigenvalue weighted by molar-refractivity contribution is -0.113. The maximum Gasteiger partial charge on any atom is 0.236 e. The van der Waals surface area contributed by atoms with Gasteiger partial charge in [-0.1, -0.05) is 62.0 Å². The molecule has 4 rings (SSSR count). The van der Waals surface area contributed by atoms with Gasteiger partial charge in [0.05, 0.1) is 11.4 Å². The van der Waals surface area contributed by atoms with E-state index in [1.54, 1.807) is 0 Å². The molecular weight excluding hydrogens is 462 g/mol. The molecule has 1 N–H and O–H groups in total. The molecule has 2 aromatic heterocycles. The SMILES string of the molecule is CCn1c(SCC(=O)Nc2nc(-c3ccc(C)c(C)c3)cs2)nnc1-c1ccc(C(C)C)cc1. The lowest BCUT2D eigenvalue weighted by Gasteiger charge is -2.09. The molecule has 0 aliphatic heterocycles. The van der Waals surface area contributed by atoms with Crippen LogP contribution in [0.2, 0.25) is 0 Å². The van der Waals surface area contributed by atoms with Crippen molar-refractivity contribution in [1.29, 1.82) is 0 Å². The number of aromatic nitrogens is 4. The van der Waals surface area contributed by atoms with E-state index in [2.05, 4.69) is 97.6 Å². The summed E-state index contributed by atoms with van der Waals surface area (Å²) in [6, 6.07) is 14.7. The number of thioether (sulfide) groups is 1. The Kier molecular flexibility index (Phi) is 7.48. The first kappa shape index (κ1) is 24.2. The van der Waals surface area contributed by atoms with Gasteiger partial charge >= 0.3 is 0 Å². The zero-order valence-electron chi connectivity index (χ0n) is 20.1. The molecular formula is C26H29N5OS2. The number of hydrogen-bond donors (Lipinski definition) is 1. The van der Waals surface area contributed by atoms with E-state index in [9.17, 15) is 4.79 Å². The van der Waals surface area contributed by atoms with Crippen LogP contribution in [0.25, 0.3) is 22.6 Å². The van der Waals surface area contributed by atoms with Crippen molar-refractivity contribution < 1.29 is 4.79 Å². The number of amides is 1. The lowest BCUT2D eigenvalue weighted by atomic mass is 10.0. The molecule has 0 atom stereocenters. The van der Waals surface area contributed by atoms with Gasteiger partial charge in [0.15, 0.2) is 16.1 Å². The topological polar surface area (TPSA) is 72.7 Å². The minimum absolute atomic E-state index is 0.112. The third kappa shape index (κ3) is 5.39. The second kappa shape index (κ2) is 10.5. The summed E-state index contributed by atoms with van der Waals surface area (Å²) in [4.78, 5) is 17.2. The van der Waals surface area contributed by atoms with Crippen molar-refractivity contribution in [3.05, 3.63) is 64.5 Å². The number of carbonyl (C=O) groups is 1. The largest absolute Gasteiger partial charge is 0.302 e. The predicted molar refractivity (Wildman–Crippen MR) is 142 cm³/mol. The van der Waals surface area contributed by atoms with Crippen LogP contribution in [-0.2, 0) is 11.3 Å².